The number of thiol groups is 1. The summed E-state index contributed by atoms with van der Waals surface area (Å²) < 4.78 is 0. The molecule has 0 aliphatic carbocycles. The Morgan fingerprint density at radius 1 is 0.477 bits per heavy atom. The molecule has 1 aromatic rings. The standard InChI is InChI=1S/C41H75NOS/c1-3-5-7-9-11-13-15-17-19-21-23-25-27-29-31-34-38-35-33-37-40(42-41(43)44)39(38)36-32-30-28-26-24-22-20-18-16-14-12-10-8-6-4-2/h33,35,37H,3-32,34,36H2,1-2H3,(H2,42,43,44). The summed E-state index contributed by atoms with van der Waals surface area (Å²) in [6.07, 6.45) is 44.1. The van der Waals surface area contributed by atoms with E-state index in [1.165, 1.54) is 204 Å². The number of carbonyl (C=O) groups is 1. The van der Waals surface area contributed by atoms with E-state index in [1.807, 2.05) is 0 Å². The Balaban J connectivity index is 2.15. The maximum atomic E-state index is 11.8. The van der Waals surface area contributed by atoms with E-state index in [-0.39, 0.29) is 5.24 Å². The molecule has 0 saturated carbocycles. The van der Waals surface area contributed by atoms with Gasteiger partial charge >= 0.3 is 0 Å². The van der Waals surface area contributed by atoms with Gasteiger partial charge in [-0.1, -0.05) is 218 Å². The normalized spacial score (nSPS) is 11.3. The van der Waals surface area contributed by atoms with Crippen molar-refractivity contribution in [3.63, 3.8) is 0 Å². The zero-order chi connectivity index (χ0) is 31.8. The first kappa shape index (κ1) is 41.1. The lowest BCUT2D eigenvalue weighted by atomic mass is 9.94. The van der Waals surface area contributed by atoms with Crippen molar-refractivity contribution in [3.05, 3.63) is 29.3 Å². The lowest BCUT2D eigenvalue weighted by Gasteiger charge is -2.15. The fourth-order valence-electron chi connectivity index (χ4n) is 6.76. The van der Waals surface area contributed by atoms with Crippen LogP contribution in [0.15, 0.2) is 18.2 Å². The molecule has 0 radical (unpaired) electrons. The first-order valence-electron chi connectivity index (χ1n) is 19.8. The third-order valence-electron chi connectivity index (χ3n) is 9.59. The Morgan fingerprint density at radius 3 is 1.14 bits per heavy atom. The van der Waals surface area contributed by atoms with Crippen molar-refractivity contribution < 1.29 is 4.79 Å². The maximum absolute atomic E-state index is 11.8. The first-order chi connectivity index (χ1) is 21.7. The van der Waals surface area contributed by atoms with E-state index in [2.05, 4.69) is 50.0 Å². The molecule has 0 spiro atoms. The molecule has 0 atom stereocenters. The van der Waals surface area contributed by atoms with E-state index >= 15 is 0 Å². The highest BCUT2D eigenvalue weighted by molar-refractivity contribution is 7.96. The van der Waals surface area contributed by atoms with Gasteiger partial charge in [-0.25, -0.2) is 0 Å². The van der Waals surface area contributed by atoms with Crippen molar-refractivity contribution in [2.45, 2.75) is 219 Å². The lowest BCUT2D eigenvalue weighted by Crippen LogP contribution is -2.07. The molecule has 1 N–H and O–H groups in total. The second kappa shape index (κ2) is 32.0. The van der Waals surface area contributed by atoms with E-state index in [9.17, 15) is 4.79 Å². The Morgan fingerprint density at radius 2 is 0.795 bits per heavy atom. The quantitative estimate of drug-likeness (QED) is 0.0588. The SMILES string of the molecule is CCCCCCCCCCCCCCCCCc1cccc(NC(=O)S)c1CCCCCCCCCCCCCCCCC. The molecule has 1 aromatic carbocycles. The van der Waals surface area contributed by atoms with E-state index in [4.69, 9.17) is 0 Å². The minimum absolute atomic E-state index is 0.258. The van der Waals surface area contributed by atoms with Gasteiger partial charge in [0.15, 0.2) is 0 Å². The highest BCUT2D eigenvalue weighted by Crippen LogP contribution is 2.26. The summed E-state index contributed by atoms with van der Waals surface area (Å²) in [5, 5.41) is 2.74. The molecule has 44 heavy (non-hydrogen) atoms. The lowest BCUT2D eigenvalue weighted by molar-refractivity contribution is 0.270. The number of unbranched alkanes of at least 4 members (excludes halogenated alkanes) is 28. The molecule has 3 heteroatoms. The smallest absolute Gasteiger partial charge is 0.280 e. The van der Waals surface area contributed by atoms with Gasteiger partial charge in [0.05, 0.1) is 0 Å². The molecular formula is C41H75NOS. The molecule has 0 saturated heterocycles. The largest absolute Gasteiger partial charge is 0.317 e. The highest BCUT2D eigenvalue weighted by atomic mass is 32.1. The zero-order valence-corrected chi connectivity index (χ0v) is 30.6. The maximum Gasteiger partial charge on any atom is 0.280 e. The van der Waals surface area contributed by atoms with Crippen molar-refractivity contribution in [1.29, 1.82) is 0 Å². The van der Waals surface area contributed by atoms with Crippen molar-refractivity contribution in [2.75, 3.05) is 5.32 Å². The molecule has 0 fully saturated rings. The van der Waals surface area contributed by atoms with Gasteiger partial charge in [0, 0.05) is 5.69 Å². The summed E-state index contributed by atoms with van der Waals surface area (Å²) in [4.78, 5) is 11.8. The fourth-order valence-corrected chi connectivity index (χ4v) is 6.88. The predicted molar refractivity (Wildman–Crippen MR) is 202 cm³/mol. The van der Waals surface area contributed by atoms with Crippen LogP contribution in [0.25, 0.3) is 0 Å². The third-order valence-corrected chi connectivity index (χ3v) is 9.71. The molecule has 0 aliphatic heterocycles. The van der Waals surface area contributed by atoms with Gasteiger partial charge in [0.2, 0.25) is 0 Å². The van der Waals surface area contributed by atoms with E-state index in [0.29, 0.717) is 0 Å². The number of nitrogens with one attached hydrogen (secondary N) is 1. The highest BCUT2D eigenvalue weighted by Gasteiger charge is 2.10. The van der Waals surface area contributed by atoms with Gasteiger partial charge in [-0.2, -0.15) is 0 Å². The minimum atomic E-state index is -0.258. The van der Waals surface area contributed by atoms with Gasteiger partial charge in [-0.05, 0) is 42.9 Å². The number of anilines is 1. The average molecular weight is 630 g/mol. The van der Waals surface area contributed by atoms with Crippen LogP contribution in [0.1, 0.15) is 218 Å². The topological polar surface area (TPSA) is 29.1 Å². The molecule has 0 heterocycles. The van der Waals surface area contributed by atoms with Crippen LogP contribution in [-0.4, -0.2) is 5.24 Å². The van der Waals surface area contributed by atoms with Gasteiger partial charge in [0.25, 0.3) is 5.24 Å². The van der Waals surface area contributed by atoms with Crippen LogP contribution in [0.4, 0.5) is 10.5 Å². The molecule has 1 amide bonds. The van der Waals surface area contributed by atoms with Gasteiger partial charge in [0.1, 0.15) is 0 Å². The van der Waals surface area contributed by atoms with Gasteiger partial charge in [-0.3, -0.25) is 4.79 Å². The Bertz CT molecular complexity index is 763. The van der Waals surface area contributed by atoms with Gasteiger partial charge < -0.3 is 5.32 Å². The second-order valence-corrected chi connectivity index (χ2v) is 14.2. The number of hydrogen-bond acceptors (Lipinski definition) is 1. The van der Waals surface area contributed by atoms with Crippen molar-refractivity contribution in [3.8, 4) is 0 Å². The number of benzene rings is 1. The van der Waals surface area contributed by atoms with Crippen molar-refractivity contribution in [1.82, 2.24) is 0 Å². The monoisotopic (exact) mass is 630 g/mol. The Hall–Kier alpha value is -0.960. The van der Waals surface area contributed by atoms with Crippen LogP contribution in [0.3, 0.4) is 0 Å². The molecule has 0 unspecified atom stereocenters. The summed E-state index contributed by atoms with van der Waals surface area (Å²) in [7, 11) is 0. The van der Waals surface area contributed by atoms with E-state index < -0.39 is 0 Å². The van der Waals surface area contributed by atoms with Gasteiger partial charge in [-0.15, -0.1) is 0 Å². The fraction of sp³-hybridized carbons (Fsp3) is 0.829. The molecule has 0 aromatic heterocycles. The Labute approximate surface area is 281 Å². The molecule has 256 valence electrons. The summed E-state index contributed by atoms with van der Waals surface area (Å²) in [6, 6.07) is 6.46. The van der Waals surface area contributed by atoms with E-state index in [0.717, 1.165) is 18.5 Å². The Kier molecular flexibility index (Phi) is 29.9. The van der Waals surface area contributed by atoms with Crippen LogP contribution in [0, 0.1) is 0 Å². The number of hydrogen-bond donors (Lipinski definition) is 2. The average Bonchev–Trinajstić information content (AvgIpc) is 3.01. The first-order valence-corrected chi connectivity index (χ1v) is 20.2. The van der Waals surface area contributed by atoms with Crippen LogP contribution in [-0.2, 0) is 12.8 Å². The summed E-state index contributed by atoms with van der Waals surface area (Å²) in [5.41, 5.74) is 3.77. The second-order valence-electron chi connectivity index (χ2n) is 13.8. The predicted octanol–water partition coefficient (Wildman–Crippen LogP) is 15.0. The van der Waals surface area contributed by atoms with E-state index in [1.54, 1.807) is 0 Å². The van der Waals surface area contributed by atoms with Crippen LogP contribution >= 0.6 is 12.6 Å². The molecule has 0 aliphatic rings. The van der Waals surface area contributed by atoms with Crippen molar-refractivity contribution in [2.24, 2.45) is 0 Å². The van der Waals surface area contributed by atoms with Crippen LogP contribution < -0.4 is 5.32 Å². The van der Waals surface area contributed by atoms with Crippen LogP contribution in [0.5, 0.6) is 0 Å². The summed E-state index contributed by atoms with van der Waals surface area (Å²) >= 11 is 4.01. The molecule has 0 bridgehead atoms. The molecular weight excluding hydrogens is 555 g/mol. The number of rotatable bonds is 33. The molecule has 2 nitrogen and oxygen atoms in total. The third kappa shape index (κ3) is 25.3. The molecule has 1 rings (SSSR count). The number of carbonyl (C=O) groups excluding carboxylic acids is 1. The number of amides is 1. The summed E-state index contributed by atoms with van der Waals surface area (Å²) in [5.74, 6) is 0. The zero-order valence-electron chi connectivity index (χ0n) is 29.7. The minimum Gasteiger partial charge on any atom is -0.317 e. The number of aryl methyl sites for hydroxylation is 1. The summed E-state index contributed by atoms with van der Waals surface area (Å²) in [6.45, 7) is 4.59. The van der Waals surface area contributed by atoms with Crippen molar-refractivity contribution >= 4 is 23.6 Å². The van der Waals surface area contributed by atoms with Crippen LogP contribution in [0.2, 0.25) is 0 Å².